The van der Waals surface area contributed by atoms with Crippen molar-refractivity contribution in [2.45, 2.75) is 6.61 Å². The zero-order valence-electron chi connectivity index (χ0n) is 18.2. The van der Waals surface area contributed by atoms with Crippen molar-refractivity contribution in [1.29, 1.82) is 0 Å². The molecule has 7 nitrogen and oxygen atoms in total. The lowest BCUT2D eigenvalue weighted by atomic mass is 10.1. The Labute approximate surface area is 224 Å². The van der Waals surface area contributed by atoms with Crippen LogP contribution in [0.4, 0.5) is 10.5 Å². The van der Waals surface area contributed by atoms with Crippen molar-refractivity contribution in [3.05, 3.63) is 91.0 Å². The largest absolute Gasteiger partial charge is 0.493 e. The molecule has 0 radical (unpaired) electrons. The number of hydrogen-bond acceptors (Lipinski definition) is 5. The standard InChI is InChI=1S/C25H17Cl2IN2O5/c1-34-21-12-15(11-19(28)22(21)35-13-14-5-4-6-16(26)9-14)10-17-23(31)29-25(33)30(24(17)32)20-8-3-2-7-18(20)27/h2-12H,13H2,1H3,(H,29,31,33)/b17-10+. The van der Waals surface area contributed by atoms with E-state index >= 15 is 0 Å². The maximum absolute atomic E-state index is 13.1. The molecule has 3 aromatic rings. The third-order valence-electron chi connectivity index (χ3n) is 5.03. The fraction of sp³-hybridized carbons (Fsp3) is 0.0800. The number of nitrogens with one attached hydrogen (secondary N) is 1. The molecule has 1 aliphatic heterocycles. The molecule has 1 heterocycles. The van der Waals surface area contributed by atoms with E-state index in [0.717, 1.165) is 10.5 Å². The Kier molecular flexibility index (Phi) is 7.63. The predicted octanol–water partition coefficient (Wildman–Crippen LogP) is 5.85. The normalized spacial score (nSPS) is 14.8. The highest BCUT2D eigenvalue weighted by atomic mass is 127. The highest BCUT2D eigenvalue weighted by Crippen LogP contribution is 2.36. The molecule has 1 N–H and O–H groups in total. The van der Waals surface area contributed by atoms with Crippen molar-refractivity contribution in [3.63, 3.8) is 0 Å². The van der Waals surface area contributed by atoms with Gasteiger partial charge in [0.2, 0.25) is 0 Å². The van der Waals surface area contributed by atoms with Gasteiger partial charge in [0.1, 0.15) is 12.2 Å². The Hall–Kier alpha value is -3.08. The summed E-state index contributed by atoms with van der Waals surface area (Å²) in [6.45, 7) is 0.267. The molecule has 0 saturated carbocycles. The molecule has 0 spiro atoms. The minimum Gasteiger partial charge on any atom is -0.493 e. The Morgan fingerprint density at radius 3 is 2.51 bits per heavy atom. The van der Waals surface area contributed by atoms with Crippen molar-refractivity contribution in [3.8, 4) is 11.5 Å². The Morgan fingerprint density at radius 2 is 1.80 bits per heavy atom. The number of amides is 4. The molecular weight excluding hydrogens is 606 g/mol. The van der Waals surface area contributed by atoms with Crippen LogP contribution in [-0.4, -0.2) is 25.0 Å². The van der Waals surface area contributed by atoms with Crippen molar-refractivity contribution in [2.75, 3.05) is 12.0 Å². The molecule has 4 rings (SSSR count). The summed E-state index contributed by atoms with van der Waals surface area (Å²) >= 11 is 14.3. The van der Waals surface area contributed by atoms with E-state index in [-0.39, 0.29) is 22.9 Å². The van der Waals surface area contributed by atoms with E-state index in [9.17, 15) is 14.4 Å². The number of barbiturate groups is 1. The first kappa shape index (κ1) is 25.0. The first-order valence-electron chi connectivity index (χ1n) is 10.2. The van der Waals surface area contributed by atoms with E-state index in [2.05, 4.69) is 27.9 Å². The first-order valence-corrected chi connectivity index (χ1v) is 12.0. The van der Waals surface area contributed by atoms with Gasteiger partial charge in [-0.25, -0.2) is 9.69 Å². The number of para-hydroxylation sites is 1. The Morgan fingerprint density at radius 1 is 1.03 bits per heavy atom. The van der Waals surface area contributed by atoms with Crippen LogP contribution in [0.15, 0.2) is 66.2 Å². The number of benzene rings is 3. The van der Waals surface area contributed by atoms with Crippen LogP contribution < -0.4 is 19.7 Å². The van der Waals surface area contributed by atoms with Gasteiger partial charge in [-0.15, -0.1) is 0 Å². The SMILES string of the molecule is COc1cc(/C=C2\C(=O)NC(=O)N(c3ccccc3Cl)C2=O)cc(I)c1OCc1cccc(Cl)c1. The molecule has 0 aromatic heterocycles. The second-order valence-electron chi connectivity index (χ2n) is 7.36. The number of methoxy groups -OCH3 is 1. The Bertz CT molecular complexity index is 1380. The van der Waals surface area contributed by atoms with Crippen LogP contribution in [0.1, 0.15) is 11.1 Å². The second kappa shape index (κ2) is 10.7. The summed E-state index contributed by atoms with van der Waals surface area (Å²) in [7, 11) is 1.49. The van der Waals surface area contributed by atoms with Gasteiger partial charge in [-0.1, -0.05) is 47.5 Å². The van der Waals surface area contributed by atoms with E-state index in [1.807, 2.05) is 12.1 Å². The fourth-order valence-corrected chi connectivity index (χ4v) is 4.64. The zero-order valence-corrected chi connectivity index (χ0v) is 21.8. The maximum Gasteiger partial charge on any atom is 0.335 e. The zero-order chi connectivity index (χ0) is 25.1. The summed E-state index contributed by atoms with van der Waals surface area (Å²) in [5.74, 6) is -0.684. The summed E-state index contributed by atoms with van der Waals surface area (Å²) in [6.07, 6.45) is 1.39. The van der Waals surface area contributed by atoms with Crippen LogP contribution in [0.3, 0.4) is 0 Å². The number of carbonyl (C=O) groups is 3. The Balaban J connectivity index is 1.65. The summed E-state index contributed by atoms with van der Waals surface area (Å²) in [5.41, 5.74) is 1.34. The van der Waals surface area contributed by atoms with Crippen molar-refractivity contribution >= 4 is 75.4 Å². The number of halogens is 3. The molecule has 4 amide bonds. The number of rotatable bonds is 6. The lowest BCUT2D eigenvalue weighted by molar-refractivity contribution is -0.122. The molecule has 3 aromatic carbocycles. The predicted molar refractivity (Wildman–Crippen MR) is 142 cm³/mol. The van der Waals surface area contributed by atoms with E-state index < -0.39 is 17.8 Å². The minimum atomic E-state index is -0.873. The van der Waals surface area contributed by atoms with Gasteiger partial charge >= 0.3 is 6.03 Å². The van der Waals surface area contributed by atoms with Gasteiger partial charge in [0.25, 0.3) is 11.8 Å². The number of urea groups is 1. The lowest BCUT2D eigenvalue weighted by Crippen LogP contribution is -2.54. The number of ether oxygens (including phenoxy) is 2. The highest BCUT2D eigenvalue weighted by molar-refractivity contribution is 14.1. The van der Waals surface area contributed by atoms with Crippen LogP contribution in [0.25, 0.3) is 6.08 Å². The molecule has 0 atom stereocenters. The second-order valence-corrected chi connectivity index (χ2v) is 9.37. The van der Waals surface area contributed by atoms with E-state index in [1.54, 1.807) is 42.5 Å². The van der Waals surface area contributed by atoms with E-state index in [1.165, 1.54) is 19.3 Å². The van der Waals surface area contributed by atoms with Crippen molar-refractivity contribution < 1.29 is 23.9 Å². The average Bonchev–Trinajstić information content (AvgIpc) is 2.82. The summed E-state index contributed by atoms with van der Waals surface area (Å²) in [6, 6.07) is 16.2. The molecule has 1 fully saturated rings. The number of carbonyl (C=O) groups excluding carboxylic acids is 3. The van der Waals surface area contributed by atoms with Crippen molar-refractivity contribution in [2.24, 2.45) is 0 Å². The van der Waals surface area contributed by atoms with Gasteiger partial charge < -0.3 is 9.47 Å². The molecule has 10 heteroatoms. The fourth-order valence-electron chi connectivity index (χ4n) is 3.42. The molecule has 0 bridgehead atoms. The smallest absolute Gasteiger partial charge is 0.335 e. The summed E-state index contributed by atoms with van der Waals surface area (Å²) < 4.78 is 12.1. The van der Waals surface area contributed by atoms with Crippen LogP contribution in [0, 0.1) is 3.57 Å². The number of nitrogens with zero attached hydrogens (tertiary/aromatic N) is 1. The van der Waals surface area contributed by atoms with E-state index in [4.69, 9.17) is 32.7 Å². The topological polar surface area (TPSA) is 84.9 Å². The molecule has 0 aliphatic carbocycles. The van der Waals surface area contributed by atoms with Gasteiger partial charge in [0.05, 0.1) is 21.4 Å². The molecule has 35 heavy (non-hydrogen) atoms. The first-order chi connectivity index (χ1) is 16.8. The van der Waals surface area contributed by atoms with Crippen LogP contribution >= 0.6 is 45.8 Å². The molecular formula is C25H17Cl2IN2O5. The van der Waals surface area contributed by atoms with Gasteiger partial charge in [-0.2, -0.15) is 0 Å². The molecule has 0 unspecified atom stereocenters. The van der Waals surface area contributed by atoms with Gasteiger partial charge in [-0.3, -0.25) is 14.9 Å². The van der Waals surface area contributed by atoms with Crippen LogP contribution in [-0.2, 0) is 16.2 Å². The average molecular weight is 623 g/mol. The molecule has 1 saturated heterocycles. The monoisotopic (exact) mass is 622 g/mol. The summed E-state index contributed by atoms with van der Waals surface area (Å²) in [4.78, 5) is 38.9. The maximum atomic E-state index is 13.1. The van der Waals surface area contributed by atoms with Gasteiger partial charge in [0, 0.05) is 5.02 Å². The quantitative estimate of drug-likeness (QED) is 0.212. The van der Waals surface area contributed by atoms with Crippen molar-refractivity contribution in [1.82, 2.24) is 5.32 Å². The molecule has 1 aliphatic rings. The number of imide groups is 2. The van der Waals surface area contributed by atoms with Gasteiger partial charge in [0.15, 0.2) is 11.5 Å². The van der Waals surface area contributed by atoms with Crippen LogP contribution in [0.2, 0.25) is 10.0 Å². The van der Waals surface area contributed by atoms with Crippen LogP contribution in [0.5, 0.6) is 11.5 Å². The lowest BCUT2D eigenvalue weighted by Gasteiger charge is -2.27. The minimum absolute atomic E-state index is 0.173. The number of anilines is 1. The highest BCUT2D eigenvalue weighted by Gasteiger charge is 2.37. The number of hydrogen-bond donors (Lipinski definition) is 1. The summed E-state index contributed by atoms with van der Waals surface area (Å²) in [5, 5.41) is 2.99. The van der Waals surface area contributed by atoms with Gasteiger partial charge in [-0.05, 0) is 76.2 Å². The third kappa shape index (κ3) is 5.44. The molecule has 178 valence electrons. The third-order valence-corrected chi connectivity index (χ3v) is 6.39. The van der Waals surface area contributed by atoms with E-state index in [0.29, 0.717) is 25.7 Å².